The topological polar surface area (TPSA) is 101 Å². The lowest BCUT2D eigenvalue weighted by Crippen LogP contribution is -2.35. The van der Waals surface area contributed by atoms with Crippen LogP contribution in [0.4, 0.5) is 11.4 Å². The van der Waals surface area contributed by atoms with Gasteiger partial charge in [0.2, 0.25) is 0 Å². The van der Waals surface area contributed by atoms with E-state index in [1.165, 1.54) is 18.3 Å². The van der Waals surface area contributed by atoms with Gasteiger partial charge in [-0.3, -0.25) is 19.4 Å². The Labute approximate surface area is 187 Å². The third kappa shape index (κ3) is 5.70. The van der Waals surface area contributed by atoms with Crippen molar-refractivity contribution in [3.63, 3.8) is 0 Å². The summed E-state index contributed by atoms with van der Waals surface area (Å²) in [6, 6.07) is 16.8. The average Bonchev–Trinajstić information content (AvgIpc) is 2.81. The van der Waals surface area contributed by atoms with Crippen LogP contribution >= 0.6 is 0 Å². The van der Waals surface area contributed by atoms with Crippen LogP contribution in [0.3, 0.4) is 0 Å². The Balaban J connectivity index is 1.40. The molecule has 3 aromatic rings. The summed E-state index contributed by atoms with van der Waals surface area (Å²) in [7, 11) is -3.75. The van der Waals surface area contributed by atoms with Gasteiger partial charge in [0.25, 0.3) is 15.9 Å². The van der Waals surface area contributed by atoms with Gasteiger partial charge < -0.3 is 10.1 Å². The van der Waals surface area contributed by atoms with Gasteiger partial charge in [-0.1, -0.05) is 12.1 Å². The third-order valence-electron chi connectivity index (χ3n) is 5.04. The number of nitrogens with one attached hydrogen (secondary N) is 2. The number of anilines is 2. The number of amides is 1. The molecule has 0 aliphatic carbocycles. The van der Waals surface area contributed by atoms with Crippen LogP contribution in [0, 0.1) is 0 Å². The highest BCUT2D eigenvalue weighted by Gasteiger charge is 2.15. The maximum atomic E-state index is 12.7. The van der Waals surface area contributed by atoms with Crippen molar-refractivity contribution >= 4 is 27.3 Å². The third-order valence-corrected chi connectivity index (χ3v) is 6.43. The fraction of sp³-hybridized carbons (Fsp3) is 0.217. The summed E-state index contributed by atoms with van der Waals surface area (Å²) in [6.07, 6.45) is 2.99. The average molecular weight is 453 g/mol. The van der Waals surface area contributed by atoms with E-state index in [0.717, 1.165) is 38.4 Å². The number of carbonyl (C=O) groups excluding carboxylic acids is 1. The molecule has 9 heteroatoms. The number of sulfonamides is 1. The van der Waals surface area contributed by atoms with Gasteiger partial charge in [0.1, 0.15) is 0 Å². The van der Waals surface area contributed by atoms with Gasteiger partial charge >= 0.3 is 0 Å². The first kappa shape index (κ1) is 21.9. The quantitative estimate of drug-likeness (QED) is 0.572. The normalized spacial score (nSPS) is 14.6. The van der Waals surface area contributed by atoms with E-state index in [2.05, 4.69) is 19.9 Å². The maximum Gasteiger partial charge on any atom is 0.261 e. The summed E-state index contributed by atoms with van der Waals surface area (Å²) in [5, 5.41) is 2.82. The number of rotatable bonds is 7. The van der Waals surface area contributed by atoms with Crippen LogP contribution in [0.2, 0.25) is 0 Å². The molecule has 0 atom stereocenters. The monoisotopic (exact) mass is 452 g/mol. The largest absolute Gasteiger partial charge is 0.379 e. The van der Waals surface area contributed by atoms with Crippen molar-refractivity contribution in [2.45, 2.75) is 11.4 Å². The summed E-state index contributed by atoms with van der Waals surface area (Å²) in [5.41, 5.74) is 2.49. The van der Waals surface area contributed by atoms with Crippen LogP contribution in [0.15, 0.2) is 78.0 Å². The molecular weight excluding hydrogens is 428 g/mol. The van der Waals surface area contributed by atoms with Gasteiger partial charge in [-0.15, -0.1) is 0 Å². The highest BCUT2D eigenvalue weighted by atomic mass is 32.2. The Hall–Kier alpha value is -3.27. The Bertz CT molecular complexity index is 1160. The second-order valence-electron chi connectivity index (χ2n) is 7.41. The van der Waals surface area contributed by atoms with E-state index in [1.54, 1.807) is 36.5 Å². The lowest BCUT2D eigenvalue weighted by Gasteiger charge is -2.26. The fourth-order valence-electron chi connectivity index (χ4n) is 3.39. The summed E-state index contributed by atoms with van der Waals surface area (Å²) in [4.78, 5) is 19.0. The zero-order chi connectivity index (χ0) is 22.4. The van der Waals surface area contributed by atoms with Crippen molar-refractivity contribution in [1.82, 2.24) is 9.88 Å². The van der Waals surface area contributed by atoms with E-state index < -0.39 is 10.0 Å². The first-order valence-electron chi connectivity index (χ1n) is 10.2. The predicted molar refractivity (Wildman–Crippen MR) is 122 cm³/mol. The first-order chi connectivity index (χ1) is 15.5. The van der Waals surface area contributed by atoms with Crippen LogP contribution in [0.25, 0.3) is 0 Å². The Morgan fingerprint density at radius 2 is 1.78 bits per heavy atom. The first-order valence-corrected chi connectivity index (χ1v) is 11.7. The maximum absolute atomic E-state index is 12.7. The molecular formula is C23H24N4O4S. The zero-order valence-electron chi connectivity index (χ0n) is 17.4. The molecule has 1 aliphatic heterocycles. The minimum atomic E-state index is -3.75. The van der Waals surface area contributed by atoms with Crippen LogP contribution in [-0.2, 0) is 21.3 Å². The molecule has 1 amide bonds. The molecule has 0 radical (unpaired) electrons. The van der Waals surface area contributed by atoms with Crippen molar-refractivity contribution in [3.8, 4) is 0 Å². The molecule has 2 heterocycles. The molecule has 1 aliphatic rings. The van der Waals surface area contributed by atoms with Crippen molar-refractivity contribution < 1.29 is 17.9 Å². The van der Waals surface area contributed by atoms with Crippen LogP contribution < -0.4 is 10.0 Å². The summed E-state index contributed by atoms with van der Waals surface area (Å²) >= 11 is 0. The molecule has 1 saturated heterocycles. The Morgan fingerprint density at radius 3 is 2.50 bits per heavy atom. The molecule has 2 N–H and O–H groups in total. The lowest BCUT2D eigenvalue weighted by atomic mass is 10.1. The highest BCUT2D eigenvalue weighted by Crippen LogP contribution is 2.19. The molecule has 8 nitrogen and oxygen atoms in total. The minimum Gasteiger partial charge on any atom is -0.379 e. The fourth-order valence-corrected chi connectivity index (χ4v) is 4.43. The number of pyridine rings is 1. The second-order valence-corrected chi connectivity index (χ2v) is 9.10. The van der Waals surface area contributed by atoms with Gasteiger partial charge in [0.05, 0.1) is 30.0 Å². The van der Waals surface area contributed by atoms with Crippen molar-refractivity contribution in [1.29, 1.82) is 0 Å². The minimum absolute atomic E-state index is 0.0897. The number of ether oxygens (including phenoxy) is 1. The van der Waals surface area contributed by atoms with E-state index >= 15 is 0 Å². The molecule has 0 unspecified atom stereocenters. The SMILES string of the molecule is O=C(Nc1ccc(S(=O)(=O)Nc2cccnc2)cc1)c1cccc(CN2CCOCC2)c1. The van der Waals surface area contributed by atoms with E-state index in [-0.39, 0.29) is 10.8 Å². The molecule has 0 bridgehead atoms. The van der Waals surface area contributed by atoms with E-state index in [0.29, 0.717) is 16.9 Å². The smallest absolute Gasteiger partial charge is 0.261 e. The highest BCUT2D eigenvalue weighted by molar-refractivity contribution is 7.92. The predicted octanol–water partition coefficient (Wildman–Crippen LogP) is 2.97. The summed E-state index contributed by atoms with van der Waals surface area (Å²) in [6.45, 7) is 3.97. The van der Waals surface area contributed by atoms with Gasteiger partial charge in [0, 0.05) is 37.1 Å². The van der Waals surface area contributed by atoms with E-state index in [4.69, 9.17) is 4.74 Å². The number of aromatic nitrogens is 1. The zero-order valence-corrected chi connectivity index (χ0v) is 18.2. The Morgan fingerprint density at radius 1 is 1.00 bits per heavy atom. The van der Waals surface area contributed by atoms with Crippen molar-refractivity contribution in [2.24, 2.45) is 0 Å². The molecule has 0 saturated carbocycles. The van der Waals surface area contributed by atoms with Crippen molar-refractivity contribution in [3.05, 3.63) is 84.2 Å². The molecule has 166 valence electrons. The van der Waals surface area contributed by atoms with Crippen molar-refractivity contribution in [2.75, 3.05) is 36.3 Å². The lowest BCUT2D eigenvalue weighted by molar-refractivity contribution is 0.0342. The number of hydrogen-bond acceptors (Lipinski definition) is 6. The van der Waals surface area contributed by atoms with Gasteiger partial charge in [-0.2, -0.15) is 0 Å². The van der Waals surface area contributed by atoms with Gasteiger partial charge in [-0.05, 0) is 54.1 Å². The number of carbonyl (C=O) groups is 1. The molecule has 1 aromatic heterocycles. The molecule has 2 aromatic carbocycles. The van der Waals surface area contributed by atoms with E-state index in [1.807, 2.05) is 18.2 Å². The molecule has 32 heavy (non-hydrogen) atoms. The van der Waals surface area contributed by atoms with Crippen LogP contribution in [0.5, 0.6) is 0 Å². The molecule has 4 rings (SSSR count). The van der Waals surface area contributed by atoms with Crippen LogP contribution in [0.1, 0.15) is 15.9 Å². The Kier molecular flexibility index (Phi) is 6.79. The number of benzene rings is 2. The number of hydrogen-bond donors (Lipinski definition) is 2. The van der Waals surface area contributed by atoms with Crippen LogP contribution in [-0.4, -0.2) is 50.5 Å². The van der Waals surface area contributed by atoms with Gasteiger partial charge in [0.15, 0.2) is 0 Å². The molecule has 0 spiro atoms. The molecule has 1 fully saturated rings. The number of morpholine rings is 1. The number of nitrogens with zero attached hydrogens (tertiary/aromatic N) is 2. The standard InChI is InChI=1S/C23H24N4O4S/c28-23(19-4-1-3-18(15-19)17-27-11-13-31-14-12-27)25-20-6-8-22(9-7-20)32(29,30)26-21-5-2-10-24-16-21/h1-10,15-16,26H,11-14,17H2,(H,25,28). The summed E-state index contributed by atoms with van der Waals surface area (Å²) in [5.74, 6) is -0.252. The van der Waals surface area contributed by atoms with Gasteiger partial charge in [-0.25, -0.2) is 8.42 Å². The van der Waals surface area contributed by atoms with E-state index in [9.17, 15) is 13.2 Å². The summed E-state index contributed by atoms with van der Waals surface area (Å²) < 4.78 is 32.9. The second kappa shape index (κ2) is 9.90.